The van der Waals surface area contributed by atoms with Gasteiger partial charge in [0.1, 0.15) is 0 Å². The van der Waals surface area contributed by atoms with Crippen molar-refractivity contribution in [2.45, 2.75) is 64.8 Å². The van der Waals surface area contributed by atoms with Gasteiger partial charge in [-0.05, 0) is 79.5 Å². The Kier molecular flexibility index (Phi) is 5.22. The van der Waals surface area contributed by atoms with Gasteiger partial charge < -0.3 is 20.4 Å². The quantitative estimate of drug-likeness (QED) is 0.731. The average molecular weight is 453 g/mol. The van der Waals surface area contributed by atoms with Crippen LogP contribution < -0.4 is 10.6 Å². The summed E-state index contributed by atoms with van der Waals surface area (Å²) in [6.45, 7) is 8.59. The molecule has 7 heteroatoms. The van der Waals surface area contributed by atoms with Crippen LogP contribution in [0.3, 0.4) is 0 Å². The second kappa shape index (κ2) is 7.74. The maximum absolute atomic E-state index is 12.9. The van der Waals surface area contributed by atoms with Crippen LogP contribution in [0.1, 0.15) is 69.7 Å². The lowest BCUT2D eigenvalue weighted by molar-refractivity contribution is -0.130. The van der Waals surface area contributed by atoms with Gasteiger partial charge in [0.2, 0.25) is 5.91 Å². The minimum atomic E-state index is -0.149. The normalized spacial score (nSPS) is 34.8. The number of rotatable bonds is 3. The fraction of sp³-hybridized carbons (Fsp3) is 0.654. The number of piperazine rings is 1. The smallest absolute Gasteiger partial charge is 0.319 e. The number of anilines is 1. The van der Waals surface area contributed by atoms with Gasteiger partial charge >= 0.3 is 6.03 Å². The molecule has 33 heavy (non-hydrogen) atoms. The summed E-state index contributed by atoms with van der Waals surface area (Å²) in [5.74, 6) is 0.732. The van der Waals surface area contributed by atoms with Gasteiger partial charge in [-0.3, -0.25) is 9.59 Å². The summed E-state index contributed by atoms with van der Waals surface area (Å²) in [6.07, 6.45) is 7.12. The minimum Gasteiger partial charge on any atom is -0.339 e. The van der Waals surface area contributed by atoms with E-state index in [2.05, 4.69) is 24.5 Å². The summed E-state index contributed by atoms with van der Waals surface area (Å²) in [6, 6.07) is 6.97. The van der Waals surface area contributed by atoms with Crippen LogP contribution in [-0.2, 0) is 4.79 Å². The molecule has 1 aliphatic heterocycles. The second-order valence-electron chi connectivity index (χ2n) is 11.9. The molecule has 4 saturated carbocycles. The number of hydrogen-bond acceptors (Lipinski definition) is 3. The Bertz CT molecular complexity index is 948. The SMILES string of the molecule is CC(=O)N1CCN(C(=O)c2ccc(NC(=O)N[C@@]34C[C@@H]5C[C@@](C)(C[C@@](C)(C5)C3)C4)cc2)CC1. The zero-order chi connectivity index (χ0) is 23.4. The Labute approximate surface area is 196 Å². The summed E-state index contributed by atoms with van der Waals surface area (Å²) < 4.78 is 0. The van der Waals surface area contributed by atoms with Crippen LogP contribution in [0.4, 0.5) is 10.5 Å². The topological polar surface area (TPSA) is 81.8 Å². The molecule has 4 atom stereocenters. The van der Waals surface area contributed by atoms with Gasteiger partial charge in [0.15, 0.2) is 0 Å². The van der Waals surface area contributed by atoms with E-state index >= 15 is 0 Å². The molecule has 0 unspecified atom stereocenters. The number of benzene rings is 1. The molecule has 6 rings (SSSR count). The molecule has 0 radical (unpaired) electrons. The summed E-state index contributed by atoms with van der Waals surface area (Å²) >= 11 is 0. The zero-order valence-electron chi connectivity index (χ0n) is 20.1. The molecule has 178 valence electrons. The fourth-order valence-electron chi connectivity index (χ4n) is 8.09. The van der Waals surface area contributed by atoms with Crippen molar-refractivity contribution < 1.29 is 14.4 Å². The zero-order valence-corrected chi connectivity index (χ0v) is 20.1. The number of hydrogen-bond donors (Lipinski definition) is 2. The van der Waals surface area contributed by atoms with Crippen LogP contribution in [0.15, 0.2) is 24.3 Å². The Hall–Kier alpha value is -2.57. The molecule has 4 aliphatic carbocycles. The number of urea groups is 1. The molecule has 4 amide bonds. The predicted octanol–water partition coefficient (Wildman–Crippen LogP) is 3.86. The van der Waals surface area contributed by atoms with Crippen molar-refractivity contribution in [3.63, 3.8) is 0 Å². The van der Waals surface area contributed by atoms with Crippen molar-refractivity contribution in [2.24, 2.45) is 16.7 Å². The summed E-state index contributed by atoms with van der Waals surface area (Å²) in [5, 5.41) is 6.36. The van der Waals surface area contributed by atoms with Crippen LogP contribution in [0.25, 0.3) is 0 Å². The number of amides is 4. The monoisotopic (exact) mass is 452 g/mol. The van der Waals surface area contributed by atoms with E-state index in [9.17, 15) is 14.4 Å². The Morgan fingerprint density at radius 3 is 1.97 bits per heavy atom. The number of nitrogens with one attached hydrogen (secondary N) is 2. The highest BCUT2D eigenvalue weighted by molar-refractivity contribution is 5.96. The van der Waals surface area contributed by atoms with Crippen molar-refractivity contribution in [3.8, 4) is 0 Å². The maximum atomic E-state index is 12.9. The summed E-state index contributed by atoms with van der Waals surface area (Å²) in [4.78, 5) is 40.8. The molecule has 5 fully saturated rings. The van der Waals surface area contributed by atoms with Crippen LogP contribution in [0, 0.1) is 16.7 Å². The van der Waals surface area contributed by atoms with Crippen molar-refractivity contribution in [3.05, 3.63) is 29.8 Å². The minimum absolute atomic E-state index is 0.0377. The van der Waals surface area contributed by atoms with Gasteiger partial charge in [0.25, 0.3) is 5.91 Å². The van der Waals surface area contributed by atoms with E-state index in [-0.39, 0.29) is 23.4 Å². The van der Waals surface area contributed by atoms with E-state index in [1.807, 2.05) is 0 Å². The highest BCUT2D eigenvalue weighted by atomic mass is 16.2. The first kappa shape index (κ1) is 22.2. The first-order valence-electron chi connectivity index (χ1n) is 12.3. The lowest BCUT2D eigenvalue weighted by Crippen LogP contribution is -2.65. The van der Waals surface area contributed by atoms with E-state index in [1.54, 1.807) is 41.0 Å². The van der Waals surface area contributed by atoms with Crippen LogP contribution >= 0.6 is 0 Å². The first-order chi connectivity index (χ1) is 15.6. The highest BCUT2D eigenvalue weighted by Gasteiger charge is 2.60. The van der Waals surface area contributed by atoms with E-state index in [0.717, 1.165) is 25.2 Å². The van der Waals surface area contributed by atoms with Crippen molar-refractivity contribution in [1.29, 1.82) is 0 Å². The molecule has 7 nitrogen and oxygen atoms in total. The average Bonchev–Trinajstić information content (AvgIpc) is 2.70. The lowest BCUT2D eigenvalue weighted by Gasteiger charge is -2.65. The van der Waals surface area contributed by atoms with Gasteiger partial charge in [0.05, 0.1) is 0 Å². The number of nitrogens with zero attached hydrogens (tertiary/aromatic N) is 2. The van der Waals surface area contributed by atoms with Gasteiger partial charge in [-0.25, -0.2) is 4.79 Å². The third kappa shape index (κ3) is 4.34. The Morgan fingerprint density at radius 2 is 1.42 bits per heavy atom. The van der Waals surface area contributed by atoms with E-state index in [0.29, 0.717) is 48.3 Å². The third-order valence-corrected chi connectivity index (χ3v) is 8.41. The van der Waals surface area contributed by atoms with Crippen LogP contribution in [0.2, 0.25) is 0 Å². The molecule has 0 spiro atoms. The first-order valence-corrected chi connectivity index (χ1v) is 12.3. The summed E-state index contributed by atoms with van der Waals surface area (Å²) in [7, 11) is 0. The van der Waals surface area contributed by atoms with Gasteiger partial charge in [-0.15, -0.1) is 0 Å². The van der Waals surface area contributed by atoms with Crippen molar-refractivity contribution in [1.82, 2.24) is 15.1 Å². The molecule has 0 aromatic heterocycles. The molecule has 1 saturated heterocycles. The number of carbonyl (C=O) groups excluding carboxylic acids is 3. The molecule has 1 heterocycles. The molecule has 2 N–H and O–H groups in total. The van der Waals surface area contributed by atoms with E-state index in [1.165, 1.54) is 19.3 Å². The summed E-state index contributed by atoms with van der Waals surface area (Å²) in [5.41, 5.74) is 1.88. The molecule has 1 aromatic carbocycles. The second-order valence-corrected chi connectivity index (χ2v) is 11.9. The number of carbonyl (C=O) groups is 3. The third-order valence-electron chi connectivity index (χ3n) is 8.41. The predicted molar refractivity (Wildman–Crippen MR) is 127 cm³/mol. The highest BCUT2D eigenvalue weighted by Crippen LogP contribution is 2.66. The standard InChI is InChI=1S/C26H36N4O3/c1-18(31)29-8-10-30(11-9-29)22(32)20-4-6-21(7-5-20)27-23(33)28-26-14-19-12-24(2,16-26)15-25(3,13-19)17-26/h4-7,19H,8-17H2,1-3H3,(H2,27,28,33)/t19-,24+,25-,26-. The Balaban J connectivity index is 1.18. The maximum Gasteiger partial charge on any atom is 0.319 e. The van der Waals surface area contributed by atoms with E-state index < -0.39 is 0 Å². The van der Waals surface area contributed by atoms with Crippen LogP contribution in [-0.4, -0.2) is 59.4 Å². The largest absolute Gasteiger partial charge is 0.339 e. The molecular weight excluding hydrogens is 416 g/mol. The van der Waals surface area contributed by atoms with Crippen molar-refractivity contribution >= 4 is 23.5 Å². The Morgan fingerprint density at radius 1 is 0.848 bits per heavy atom. The molecule has 1 aromatic rings. The van der Waals surface area contributed by atoms with Gasteiger partial charge in [0, 0.05) is 49.9 Å². The van der Waals surface area contributed by atoms with Crippen molar-refractivity contribution in [2.75, 3.05) is 31.5 Å². The van der Waals surface area contributed by atoms with Gasteiger partial charge in [-0.1, -0.05) is 13.8 Å². The lowest BCUT2D eigenvalue weighted by atomic mass is 9.43. The fourth-order valence-corrected chi connectivity index (χ4v) is 8.09. The van der Waals surface area contributed by atoms with Crippen LogP contribution in [0.5, 0.6) is 0 Å². The molecular formula is C26H36N4O3. The van der Waals surface area contributed by atoms with E-state index in [4.69, 9.17) is 0 Å². The molecule has 5 aliphatic rings. The van der Waals surface area contributed by atoms with Gasteiger partial charge in [-0.2, -0.15) is 0 Å². The molecule has 4 bridgehead atoms.